The minimum Gasteiger partial charge on any atom is -0.454 e. The third-order valence-electron chi connectivity index (χ3n) is 11.1. The first-order valence-corrected chi connectivity index (χ1v) is 22.2. The van der Waals surface area contributed by atoms with Crippen LogP contribution < -0.4 is 31.9 Å². The van der Waals surface area contributed by atoms with E-state index in [1.54, 1.807) is 38.1 Å². The van der Waals surface area contributed by atoms with Crippen LogP contribution in [0.25, 0.3) is 0 Å². The van der Waals surface area contributed by atoms with E-state index in [2.05, 4.69) is 42.1 Å². The van der Waals surface area contributed by atoms with E-state index in [-0.39, 0.29) is 25.2 Å². The van der Waals surface area contributed by atoms with Gasteiger partial charge in [0.15, 0.2) is 25.4 Å². The Balaban J connectivity index is 0.995. The molecule has 0 aliphatic carbocycles. The number of cyclic esters (lactones) is 4. The van der Waals surface area contributed by atoms with Gasteiger partial charge in [0.2, 0.25) is 0 Å². The number of benzene rings is 2. The molecule has 0 spiro atoms. The van der Waals surface area contributed by atoms with Crippen molar-refractivity contribution in [2.75, 3.05) is 32.8 Å². The van der Waals surface area contributed by atoms with Gasteiger partial charge < -0.3 is 50.8 Å². The number of fused-ring (bicyclic) bond motifs is 2. The molecule has 68 heavy (non-hydrogen) atoms. The Morgan fingerprint density at radius 1 is 0.559 bits per heavy atom. The minimum atomic E-state index is -1.50. The number of nitrogens with one attached hydrogen (secondary N) is 6. The molecule has 360 valence electrons. The van der Waals surface area contributed by atoms with Gasteiger partial charge in [-0.1, -0.05) is 62.4 Å². The van der Waals surface area contributed by atoms with Crippen LogP contribution in [0, 0.1) is 5.92 Å². The number of carbonyl (C=O) groups is 8. The summed E-state index contributed by atoms with van der Waals surface area (Å²) in [6.45, 7) is 3.69. The summed E-state index contributed by atoms with van der Waals surface area (Å²) in [6.07, 6.45) is 0.809. The van der Waals surface area contributed by atoms with Crippen LogP contribution in [0.2, 0.25) is 0 Å². The highest BCUT2D eigenvalue weighted by Crippen LogP contribution is 2.18. The lowest BCUT2D eigenvalue weighted by molar-refractivity contribution is -0.160. The molecule has 0 bridgehead atoms. The molecule has 3 unspecified atom stereocenters. The number of rotatable bonds is 10. The van der Waals surface area contributed by atoms with Crippen LogP contribution >= 0.6 is 0 Å². The quantitative estimate of drug-likeness (QED) is 0.0819. The highest BCUT2D eigenvalue weighted by Gasteiger charge is 2.31. The SMILES string of the molecule is CC(C)CC1NC(=O)COC(=O)CNC(=O)C(Cc2ccc(Cn3cc4c(n3)CNC4)cc2)OC(=O)CNC(=O)COC(=O)CNC(=O)C(Cc2ccc(Cn3cc4c(n3)CNC4)cc2)OC1=O. The smallest absolute Gasteiger partial charge is 0.329 e. The minimum absolute atomic E-state index is 0.0751. The van der Waals surface area contributed by atoms with Gasteiger partial charge in [-0.25, -0.2) is 4.79 Å². The third-order valence-corrected chi connectivity index (χ3v) is 11.1. The van der Waals surface area contributed by atoms with Crippen molar-refractivity contribution in [2.24, 2.45) is 5.92 Å². The van der Waals surface area contributed by atoms with E-state index in [1.807, 2.05) is 46.0 Å². The number of carbonyl (C=O) groups excluding carboxylic acids is 8. The van der Waals surface area contributed by atoms with E-state index < -0.39 is 98.6 Å². The van der Waals surface area contributed by atoms with Crippen LogP contribution in [0.4, 0.5) is 0 Å². The lowest BCUT2D eigenvalue weighted by atomic mass is 10.0. The second-order valence-corrected chi connectivity index (χ2v) is 17.0. The molecule has 1 saturated heterocycles. The molecule has 22 heteroatoms. The third kappa shape index (κ3) is 14.0. The van der Waals surface area contributed by atoms with Gasteiger partial charge in [0.25, 0.3) is 23.6 Å². The molecule has 1 fully saturated rings. The zero-order valence-corrected chi connectivity index (χ0v) is 37.7. The first-order valence-electron chi connectivity index (χ1n) is 22.2. The molecule has 2 aromatic carbocycles. The van der Waals surface area contributed by atoms with Crippen molar-refractivity contribution >= 4 is 47.5 Å². The largest absolute Gasteiger partial charge is 0.454 e. The van der Waals surface area contributed by atoms with Crippen molar-refractivity contribution in [3.05, 3.63) is 106 Å². The highest BCUT2D eigenvalue weighted by atomic mass is 16.6. The lowest BCUT2D eigenvalue weighted by Gasteiger charge is -2.23. The van der Waals surface area contributed by atoms with Gasteiger partial charge in [-0.3, -0.25) is 42.9 Å². The molecule has 4 amide bonds. The molecule has 3 atom stereocenters. The van der Waals surface area contributed by atoms with Gasteiger partial charge in [-0.05, 0) is 34.6 Å². The van der Waals surface area contributed by atoms with Crippen LogP contribution in [0.3, 0.4) is 0 Å². The normalized spacial score (nSPS) is 20.4. The molecule has 4 aromatic rings. The molecule has 22 nitrogen and oxygen atoms in total. The lowest BCUT2D eigenvalue weighted by Crippen LogP contribution is -2.48. The second-order valence-electron chi connectivity index (χ2n) is 17.0. The van der Waals surface area contributed by atoms with E-state index in [9.17, 15) is 38.4 Å². The number of hydrogen-bond acceptors (Lipinski definition) is 16. The van der Waals surface area contributed by atoms with Crippen LogP contribution in [0.1, 0.15) is 65.0 Å². The van der Waals surface area contributed by atoms with Crippen LogP contribution in [-0.4, -0.2) is 118 Å². The van der Waals surface area contributed by atoms with Gasteiger partial charge in [0, 0.05) is 62.5 Å². The van der Waals surface area contributed by atoms with Gasteiger partial charge >= 0.3 is 23.9 Å². The van der Waals surface area contributed by atoms with Crippen molar-refractivity contribution in [2.45, 2.75) is 90.6 Å². The summed E-state index contributed by atoms with van der Waals surface area (Å²) >= 11 is 0. The summed E-state index contributed by atoms with van der Waals surface area (Å²) in [5.74, 6) is -7.69. The average Bonchev–Trinajstić information content (AvgIpc) is 4.11. The van der Waals surface area contributed by atoms with Gasteiger partial charge in [0.05, 0.1) is 24.5 Å². The number of nitrogens with zero attached hydrogens (tertiary/aromatic N) is 4. The summed E-state index contributed by atoms with van der Waals surface area (Å²) in [5, 5.41) is 25.2. The number of hydrogen-bond donors (Lipinski definition) is 6. The molecular formula is C46H54N10O12. The van der Waals surface area contributed by atoms with E-state index in [0.717, 1.165) is 46.7 Å². The molecule has 0 radical (unpaired) electrons. The maximum absolute atomic E-state index is 13.7. The summed E-state index contributed by atoms with van der Waals surface area (Å²) in [7, 11) is 0. The highest BCUT2D eigenvalue weighted by molar-refractivity contribution is 5.92. The maximum Gasteiger partial charge on any atom is 0.329 e. The Morgan fingerprint density at radius 2 is 1.01 bits per heavy atom. The van der Waals surface area contributed by atoms with Crippen molar-refractivity contribution < 1.29 is 57.3 Å². The van der Waals surface area contributed by atoms with Crippen LogP contribution in [-0.2, 0) is 109 Å². The number of ether oxygens (including phenoxy) is 4. The Kier molecular flexibility index (Phi) is 16.3. The summed E-state index contributed by atoms with van der Waals surface area (Å²) < 4.78 is 24.9. The monoisotopic (exact) mass is 938 g/mol. The zero-order chi connectivity index (χ0) is 48.2. The van der Waals surface area contributed by atoms with Crippen LogP contribution in [0.5, 0.6) is 0 Å². The summed E-state index contributed by atoms with van der Waals surface area (Å²) in [4.78, 5) is 105. The number of aromatic nitrogens is 4. The Bertz CT molecular complexity index is 2460. The fourth-order valence-corrected chi connectivity index (χ4v) is 7.64. The predicted octanol–water partition coefficient (Wildman–Crippen LogP) is -1.03. The topological polar surface area (TPSA) is 281 Å². The maximum atomic E-state index is 13.7. The van der Waals surface area contributed by atoms with Gasteiger partial charge in [0.1, 0.15) is 25.7 Å². The van der Waals surface area contributed by atoms with E-state index in [1.165, 1.54) is 0 Å². The fourth-order valence-electron chi connectivity index (χ4n) is 7.64. The molecule has 3 aliphatic rings. The average molecular weight is 939 g/mol. The van der Waals surface area contributed by atoms with Gasteiger partial charge in [-0.2, -0.15) is 10.2 Å². The number of esters is 4. The van der Waals surface area contributed by atoms with Crippen molar-refractivity contribution in [3.8, 4) is 0 Å². The molecule has 2 aromatic heterocycles. The van der Waals surface area contributed by atoms with E-state index in [0.29, 0.717) is 37.3 Å². The molecular weight excluding hydrogens is 885 g/mol. The molecule has 5 heterocycles. The van der Waals surface area contributed by atoms with E-state index >= 15 is 0 Å². The van der Waals surface area contributed by atoms with Crippen LogP contribution in [0.15, 0.2) is 60.9 Å². The Labute approximate surface area is 390 Å². The summed E-state index contributed by atoms with van der Waals surface area (Å²) in [5.41, 5.74) is 7.31. The number of amides is 4. The first-order chi connectivity index (χ1) is 32.7. The zero-order valence-electron chi connectivity index (χ0n) is 37.7. The molecule has 7 rings (SSSR count). The van der Waals surface area contributed by atoms with Crippen molar-refractivity contribution in [3.63, 3.8) is 0 Å². The molecule has 6 N–H and O–H groups in total. The standard InChI is InChI=1S/C46H54N10O12/c1-27(2)11-34-46(64)68-38(13-29-5-9-31(10-6-29)22-56-24-33-15-48-17-36(33)54-56)45(63)51-18-41(59)65-25-39(57)49-20-43(61)67-37(44(62)50-19-42(60)66-26-40(58)52-34)12-28-3-7-30(8-4-28)21-55-23-32-14-47-16-35(32)53-55/h3-10,23-24,27,34,37-38,47-48H,11-22,25-26H2,1-2H3,(H,49,57)(H,50,62)(H,51,63)(H,52,58). The molecule has 0 saturated carbocycles. The van der Waals surface area contributed by atoms with Gasteiger partial charge in [-0.15, -0.1) is 0 Å². The van der Waals surface area contributed by atoms with E-state index in [4.69, 9.17) is 18.9 Å². The Morgan fingerprint density at radius 3 is 1.50 bits per heavy atom. The Hall–Kier alpha value is -7.46. The second kappa shape index (κ2) is 22.8. The predicted molar refractivity (Wildman–Crippen MR) is 236 cm³/mol. The fraction of sp³-hybridized carbons (Fsp3) is 0.435. The first kappa shape index (κ1) is 48.5. The van der Waals surface area contributed by atoms with Crippen molar-refractivity contribution in [1.29, 1.82) is 0 Å². The van der Waals surface area contributed by atoms with Crippen molar-refractivity contribution in [1.82, 2.24) is 51.5 Å². The summed E-state index contributed by atoms with van der Waals surface area (Å²) in [6, 6.07) is 13.1. The molecule has 3 aliphatic heterocycles.